The monoisotopic (exact) mass is 845 g/mol. The molecule has 0 saturated heterocycles. The molecule has 9 aromatic carbocycles. The van der Waals surface area contributed by atoms with Crippen molar-refractivity contribution in [1.82, 2.24) is 24.1 Å². The molecule has 0 amide bonds. The second kappa shape index (κ2) is 14.2. The van der Waals surface area contributed by atoms with Crippen LogP contribution in [-0.2, 0) is 0 Å². The van der Waals surface area contributed by atoms with Gasteiger partial charge in [0.05, 0.1) is 55.0 Å². The van der Waals surface area contributed by atoms with E-state index in [1.165, 1.54) is 11.3 Å². The maximum Gasteiger partial charge on any atom is 0.240 e. The van der Waals surface area contributed by atoms with Crippen molar-refractivity contribution in [3.05, 3.63) is 212 Å². The summed E-state index contributed by atoms with van der Waals surface area (Å²) in [7, 11) is 0. The third kappa shape index (κ3) is 5.73. The number of hydrogen-bond donors (Lipinski definition) is 0. The van der Waals surface area contributed by atoms with Gasteiger partial charge >= 0.3 is 0 Å². The Morgan fingerprint density at radius 2 is 0.873 bits per heavy atom. The third-order valence-electron chi connectivity index (χ3n) is 10.7. The van der Waals surface area contributed by atoms with Gasteiger partial charge in [-0.05, 0) is 69.7 Å². The Hall–Kier alpha value is -8.19. The molecule has 0 saturated carbocycles. The van der Waals surface area contributed by atoms with Crippen LogP contribution in [0.1, 0.15) is 32.9 Å². The normalized spacial score (nSPS) is 17.1. The molecule has 294 valence electrons. The Bertz CT molecular complexity index is 5080. The summed E-state index contributed by atoms with van der Waals surface area (Å²) < 4.78 is 222. The summed E-state index contributed by atoms with van der Waals surface area (Å²) >= 11 is 1.53. The van der Waals surface area contributed by atoms with E-state index in [2.05, 4.69) is 0 Å². The van der Waals surface area contributed by atoms with E-state index in [1.807, 2.05) is 42.5 Å². The summed E-state index contributed by atoms with van der Waals surface area (Å²) in [5.74, 6) is -1.66. The average Bonchev–Trinajstić information content (AvgIpc) is 1.64. The maximum absolute atomic E-state index is 10.2. The third-order valence-corrected chi connectivity index (χ3v) is 11.8. The van der Waals surface area contributed by atoms with Crippen molar-refractivity contribution in [3.63, 3.8) is 0 Å². The van der Waals surface area contributed by atoms with Gasteiger partial charge in [0.15, 0.2) is 5.82 Å². The minimum Gasteiger partial charge on any atom is -0.278 e. The van der Waals surface area contributed by atoms with Crippen LogP contribution in [0.3, 0.4) is 0 Å². The van der Waals surface area contributed by atoms with E-state index in [4.69, 9.17) is 34.1 Å². The lowest BCUT2D eigenvalue weighted by Gasteiger charge is -2.15. The van der Waals surface area contributed by atoms with Crippen LogP contribution in [0.15, 0.2) is 212 Å². The number of para-hydroxylation sites is 2. The van der Waals surface area contributed by atoms with Crippen molar-refractivity contribution in [3.8, 4) is 56.7 Å². The van der Waals surface area contributed by atoms with Crippen LogP contribution < -0.4 is 0 Å². The number of benzene rings is 9. The summed E-state index contributed by atoms with van der Waals surface area (Å²) in [5, 5.41) is 0.139. The summed E-state index contributed by atoms with van der Waals surface area (Å²) in [4.78, 5) is 14.9. The second-order valence-electron chi connectivity index (χ2n) is 14.2. The molecule has 13 aromatic rings. The van der Waals surface area contributed by atoms with Gasteiger partial charge in [-0.15, -0.1) is 11.3 Å². The molecule has 0 aliphatic carbocycles. The van der Waals surface area contributed by atoms with Gasteiger partial charge in [-0.2, -0.15) is 15.0 Å². The van der Waals surface area contributed by atoms with Gasteiger partial charge in [0, 0.05) is 47.3 Å². The van der Waals surface area contributed by atoms with Gasteiger partial charge in [-0.1, -0.05) is 175 Å². The highest BCUT2D eigenvalue weighted by molar-refractivity contribution is 7.25. The maximum atomic E-state index is 10.2. The SMILES string of the molecule is [2H]c1c([2H])c([2H])c(-c2c([2H])c([2H])c3c4c([2H])c([2H])c(-c5c([2H])c([2H])c([2H])c([2H])c5[2H])c([2H])c4n(-c4nc(-c5ccccc5-c5ccc6c(c5)sc5ccccc56)nc(-n5c6c([2H])c([2H])c([2H])c([2H])c6c6c([2H])c([2H])c([2H])c([2H])c65)n4)c3c2[2H])c([2H])c1[2H]. The van der Waals surface area contributed by atoms with Crippen molar-refractivity contribution in [2.45, 2.75) is 0 Å². The molecule has 0 bridgehead atoms. The second-order valence-corrected chi connectivity index (χ2v) is 15.3. The Balaban J connectivity index is 1.27. The molecule has 4 aromatic heterocycles. The van der Waals surface area contributed by atoms with Crippen LogP contribution in [0.2, 0.25) is 0 Å². The minimum absolute atomic E-state index is 0.203. The van der Waals surface area contributed by atoms with Crippen LogP contribution in [0.25, 0.3) is 120 Å². The molecule has 0 spiro atoms. The molecule has 0 unspecified atom stereocenters. The Kier molecular flexibility index (Phi) is 4.34. The fourth-order valence-electron chi connectivity index (χ4n) is 7.92. The van der Waals surface area contributed by atoms with E-state index in [9.17, 15) is 13.7 Å². The van der Waals surface area contributed by atoms with Crippen molar-refractivity contribution >= 4 is 75.1 Å². The molecule has 4 heterocycles. The molecule has 0 atom stereocenters. The van der Waals surface area contributed by atoms with Gasteiger partial charge in [0.25, 0.3) is 0 Å². The lowest BCUT2D eigenvalue weighted by Crippen LogP contribution is -2.10. The number of fused-ring (bicyclic) bond motifs is 9. The fraction of sp³-hybridized carbons (Fsp3) is 0. The highest BCUT2D eigenvalue weighted by Gasteiger charge is 2.23. The van der Waals surface area contributed by atoms with Gasteiger partial charge in [0.2, 0.25) is 11.9 Å². The van der Waals surface area contributed by atoms with E-state index in [0.717, 1.165) is 29.3 Å². The minimum atomic E-state index is -0.910. The van der Waals surface area contributed by atoms with E-state index < -0.39 is 212 Å². The van der Waals surface area contributed by atoms with Crippen molar-refractivity contribution < 1.29 is 32.9 Å². The molecule has 0 N–H and O–H groups in total. The van der Waals surface area contributed by atoms with E-state index in [1.54, 1.807) is 24.3 Å². The summed E-state index contributed by atoms with van der Waals surface area (Å²) in [6.07, 6.45) is 0. The number of thiophene rings is 1. The van der Waals surface area contributed by atoms with Crippen LogP contribution in [0.5, 0.6) is 0 Å². The Morgan fingerprint density at radius 1 is 0.365 bits per heavy atom. The average molecular weight is 846 g/mol. The van der Waals surface area contributed by atoms with E-state index in [0.29, 0.717) is 11.1 Å². The zero-order valence-electron chi connectivity index (χ0n) is 56.0. The van der Waals surface area contributed by atoms with Crippen molar-refractivity contribution in [1.29, 1.82) is 0 Å². The zero-order valence-corrected chi connectivity index (χ0v) is 32.8. The molecule has 63 heavy (non-hydrogen) atoms. The quantitative estimate of drug-likeness (QED) is 0.167. The molecule has 5 nitrogen and oxygen atoms in total. The Morgan fingerprint density at radius 3 is 1.51 bits per heavy atom. The molecule has 0 fully saturated rings. The van der Waals surface area contributed by atoms with Gasteiger partial charge in [0.1, 0.15) is 0 Å². The summed E-state index contributed by atoms with van der Waals surface area (Å²) in [6, 6.07) is 0.159. The largest absolute Gasteiger partial charge is 0.278 e. The number of aromatic nitrogens is 5. The van der Waals surface area contributed by atoms with Gasteiger partial charge in [-0.3, -0.25) is 9.13 Å². The number of hydrogen-bond acceptors (Lipinski definition) is 4. The summed E-state index contributed by atoms with van der Waals surface area (Å²) in [5.41, 5.74) is -3.72. The highest BCUT2D eigenvalue weighted by atomic mass is 32.1. The van der Waals surface area contributed by atoms with Crippen LogP contribution in [0, 0.1) is 0 Å². The topological polar surface area (TPSA) is 48.5 Å². The van der Waals surface area contributed by atoms with E-state index >= 15 is 0 Å². The van der Waals surface area contributed by atoms with Crippen LogP contribution >= 0.6 is 11.3 Å². The molecular weight excluding hydrogens is 787 g/mol. The van der Waals surface area contributed by atoms with Gasteiger partial charge < -0.3 is 0 Å². The lowest BCUT2D eigenvalue weighted by molar-refractivity contribution is 0.893. The van der Waals surface area contributed by atoms with Crippen molar-refractivity contribution in [2.24, 2.45) is 0 Å². The predicted molar refractivity (Wildman–Crippen MR) is 263 cm³/mol. The zero-order chi connectivity index (χ0) is 62.3. The Labute approximate surface area is 400 Å². The van der Waals surface area contributed by atoms with Crippen molar-refractivity contribution in [2.75, 3.05) is 0 Å². The smallest absolute Gasteiger partial charge is 0.240 e. The lowest BCUT2D eigenvalue weighted by atomic mass is 9.98. The highest BCUT2D eigenvalue weighted by Crippen LogP contribution is 2.41. The molecule has 6 heteroatoms. The number of rotatable bonds is 6. The van der Waals surface area contributed by atoms with E-state index in [-0.39, 0.29) is 22.2 Å². The molecule has 0 aliphatic heterocycles. The van der Waals surface area contributed by atoms with Gasteiger partial charge in [-0.25, -0.2) is 0 Å². The standard InChI is InChI=1S/C57H35N5S/c1-3-15-36(16-4-1)38-27-30-44-45-31-28-39(37-17-5-2-6-18-37)34-52(45)62(51(44)33-38)57-59-55(58-56(60-57)61-49-24-12-9-20-42(49)43-21-10-13-25-50(43)61)48-23-8-7-19-41(48)40-29-32-47-46-22-11-14-26-53(46)63-54(47)35-40/h1-35H/i1D,2D,3D,4D,5D,6D,9D,10D,12D,13D,15D,16D,17D,18D,20D,21D,24D,25D,27D,28D,30D,31D,33D,34D. The first-order valence-corrected chi connectivity index (χ1v) is 20.1. The molecular formula is C57H35N5S. The molecule has 0 radical (unpaired) electrons. The number of nitrogens with zero attached hydrogens (tertiary/aromatic N) is 5. The summed E-state index contributed by atoms with van der Waals surface area (Å²) in [6.45, 7) is 0. The predicted octanol–water partition coefficient (Wildman–Crippen LogP) is 15.1. The fourth-order valence-corrected chi connectivity index (χ4v) is 9.07. The van der Waals surface area contributed by atoms with Crippen LogP contribution in [-0.4, -0.2) is 24.1 Å². The first kappa shape index (κ1) is 19.2. The first-order valence-electron chi connectivity index (χ1n) is 31.2. The molecule has 13 rings (SSSR count). The van der Waals surface area contributed by atoms with Crippen LogP contribution in [0.4, 0.5) is 0 Å². The molecule has 0 aliphatic rings. The first-order chi connectivity index (χ1) is 41.2.